The van der Waals surface area contributed by atoms with Gasteiger partial charge in [0.2, 0.25) is 0 Å². The van der Waals surface area contributed by atoms with Gasteiger partial charge in [0, 0.05) is 12.0 Å². The highest BCUT2D eigenvalue weighted by Gasteiger charge is 2.39. The van der Waals surface area contributed by atoms with Gasteiger partial charge in [-0.1, -0.05) is 66.7 Å². The van der Waals surface area contributed by atoms with Crippen molar-refractivity contribution in [1.82, 2.24) is 4.90 Å². The first-order valence-electron chi connectivity index (χ1n) is 10.2. The van der Waals surface area contributed by atoms with Crippen molar-refractivity contribution in [1.29, 1.82) is 0 Å². The summed E-state index contributed by atoms with van der Waals surface area (Å²) < 4.78 is 12.1. The second kappa shape index (κ2) is 8.82. The van der Waals surface area contributed by atoms with Crippen LogP contribution in [0.4, 0.5) is 0 Å². The molecule has 1 aliphatic rings. The lowest BCUT2D eigenvalue weighted by Crippen LogP contribution is -2.34. The van der Waals surface area contributed by atoms with Crippen LogP contribution in [0.1, 0.15) is 51.7 Å². The number of ketones is 1. The van der Waals surface area contributed by atoms with Gasteiger partial charge < -0.3 is 9.47 Å². The molecule has 3 aromatic carbocycles. The molecular formula is C26H27NO3. The molecule has 0 amide bonds. The molecule has 0 radical (unpaired) electrons. The maximum absolute atomic E-state index is 13.0. The van der Waals surface area contributed by atoms with Crippen molar-refractivity contribution in [3.63, 3.8) is 0 Å². The fraction of sp³-hybridized carbons (Fsp3) is 0.269. The van der Waals surface area contributed by atoms with Crippen LogP contribution in [-0.4, -0.2) is 31.9 Å². The highest BCUT2D eigenvalue weighted by atomic mass is 16.5. The Morgan fingerprint density at radius 1 is 0.933 bits per heavy atom. The summed E-state index contributed by atoms with van der Waals surface area (Å²) in [4.78, 5) is 15.2. The molecule has 3 atom stereocenters. The van der Waals surface area contributed by atoms with Crippen LogP contribution in [0, 0.1) is 0 Å². The molecule has 0 N–H and O–H groups in total. The van der Waals surface area contributed by atoms with E-state index in [0.29, 0.717) is 12.0 Å². The summed E-state index contributed by atoms with van der Waals surface area (Å²) in [6, 6.07) is 25.7. The summed E-state index contributed by atoms with van der Waals surface area (Å²) in [6.07, 6.45) is -0.207. The summed E-state index contributed by atoms with van der Waals surface area (Å²) in [7, 11) is 5.79. The number of fused-ring (bicyclic) bond motifs is 1. The molecule has 0 saturated carbocycles. The summed E-state index contributed by atoms with van der Waals surface area (Å²) in [5.41, 5.74) is 4.00. The van der Waals surface area contributed by atoms with Crippen LogP contribution in [0.5, 0.6) is 5.75 Å². The van der Waals surface area contributed by atoms with E-state index in [4.69, 9.17) is 9.47 Å². The number of rotatable bonds is 6. The lowest BCUT2D eigenvalue weighted by Gasteiger charge is -2.41. The van der Waals surface area contributed by atoms with Crippen molar-refractivity contribution in [3.8, 4) is 5.75 Å². The number of benzene rings is 3. The van der Waals surface area contributed by atoms with Gasteiger partial charge in [-0.15, -0.1) is 0 Å². The average molecular weight is 402 g/mol. The number of carbonyl (C=O) groups excluding carboxylic acids is 1. The van der Waals surface area contributed by atoms with Crippen molar-refractivity contribution in [2.45, 2.75) is 24.7 Å². The summed E-state index contributed by atoms with van der Waals surface area (Å²) in [6.45, 7) is 0. The minimum absolute atomic E-state index is 0.0144. The van der Waals surface area contributed by atoms with E-state index in [0.717, 1.165) is 22.4 Å². The van der Waals surface area contributed by atoms with Gasteiger partial charge >= 0.3 is 0 Å². The monoisotopic (exact) mass is 401 g/mol. The predicted molar refractivity (Wildman–Crippen MR) is 118 cm³/mol. The van der Waals surface area contributed by atoms with Crippen LogP contribution >= 0.6 is 0 Å². The van der Waals surface area contributed by atoms with Gasteiger partial charge in [0.25, 0.3) is 0 Å². The van der Waals surface area contributed by atoms with Crippen molar-refractivity contribution >= 4 is 5.78 Å². The molecule has 0 fully saturated rings. The predicted octanol–water partition coefficient (Wildman–Crippen LogP) is 5.38. The van der Waals surface area contributed by atoms with Crippen LogP contribution in [0.25, 0.3) is 0 Å². The zero-order valence-electron chi connectivity index (χ0n) is 17.6. The van der Waals surface area contributed by atoms with Crippen molar-refractivity contribution in [3.05, 3.63) is 101 Å². The number of carbonyl (C=O) groups is 1. The van der Waals surface area contributed by atoms with Crippen LogP contribution in [0.2, 0.25) is 0 Å². The molecule has 3 aromatic rings. The number of hydrogen-bond donors (Lipinski definition) is 0. The van der Waals surface area contributed by atoms with Crippen molar-refractivity contribution in [2.75, 3.05) is 21.2 Å². The van der Waals surface area contributed by atoms with E-state index in [-0.39, 0.29) is 24.0 Å². The molecular weight excluding hydrogens is 374 g/mol. The Morgan fingerprint density at radius 2 is 1.60 bits per heavy atom. The minimum Gasteiger partial charge on any atom is -0.497 e. The Balaban J connectivity index is 1.77. The first-order valence-corrected chi connectivity index (χ1v) is 10.2. The van der Waals surface area contributed by atoms with E-state index in [1.165, 1.54) is 0 Å². The van der Waals surface area contributed by atoms with Gasteiger partial charge in [0.15, 0.2) is 5.78 Å². The molecule has 0 saturated heterocycles. The number of ether oxygens (including phenoxy) is 2. The molecule has 4 nitrogen and oxygen atoms in total. The molecule has 0 aliphatic carbocycles. The molecule has 0 bridgehead atoms. The van der Waals surface area contributed by atoms with Crippen LogP contribution in [0.3, 0.4) is 0 Å². The standard InChI is InChI=1S/C26H27NO3/c1-27(2)25-22-16-20(29-3)14-15-21(22)24(17-23(28)18-10-6-4-7-11-18)30-26(25)19-12-8-5-9-13-19/h4-16,24-26H,17H2,1-3H3/t24-,25+,26-/m1/s1. The Kier molecular flexibility index (Phi) is 5.98. The van der Waals surface area contributed by atoms with E-state index in [1.54, 1.807) is 7.11 Å². The second-order valence-corrected chi connectivity index (χ2v) is 7.85. The van der Waals surface area contributed by atoms with Gasteiger partial charge in [-0.2, -0.15) is 0 Å². The topological polar surface area (TPSA) is 38.8 Å². The molecule has 154 valence electrons. The second-order valence-electron chi connectivity index (χ2n) is 7.85. The third kappa shape index (κ3) is 4.02. The number of methoxy groups -OCH3 is 1. The Morgan fingerprint density at radius 3 is 2.23 bits per heavy atom. The fourth-order valence-electron chi connectivity index (χ4n) is 4.24. The van der Waals surface area contributed by atoms with Crippen molar-refractivity contribution in [2.24, 2.45) is 0 Å². The molecule has 4 rings (SSSR count). The number of nitrogens with zero attached hydrogens (tertiary/aromatic N) is 1. The molecule has 1 heterocycles. The van der Waals surface area contributed by atoms with Crippen LogP contribution in [-0.2, 0) is 4.74 Å². The van der Waals surface area contributed by atoms with Gasteiger partial charge in [-0.25, -0.2) is 0 Å². The van der Waals surface area contributed by atoms with Crippen molar-refractivity contribution < 1.29 is 14.3 Å². The quantitative estimate of drug-likeness (QED) is 0.520. The van der Waals surface area contributed by atoms with E-state index in [2.05, 4.69) is 37.2 Å². The largest absolute Gasteiger partial charge is 0.497 e. The normalized spacial score (nSPS) is 20.6. The van der Waals surface area contributed by atoms with E-state index in [1.807, 2.05) is 60.7 Å². The van der Waals surface area contributed by atoms with Gasteiger partial charge in [-0.3, -0.25) is 9.69 Å². The van der Waals surface area contributed by atoms with E-state index in [9.17, 15) is 4.79 Å². The Labute approximate surface area is 178 Å². The van der Waals surface area contributed by atoms with Gasteiger partial charge in [0.1, 0.15) is 11.9 Å². The summed E-state index contributed by atoms with van der Waals surface area (Å²) in [5, 5.41) is 0. The highest BCUT2D eigenvalue weighted by molar-refractivity contribution is 5.96. The molecule has 0 unspecified atom stereocenters. The zero-order valence-corrected chi connectivity index (χ0v) is 17.6. The van der Waals surface area contributed by atoms with E-state index < -0.39 is 0 Å². The maximum atomic E-state index is 13.0. The number of hydrogen-bond acceptors (Lipinski definition) is 4. The summed E-state index contributed by atoms with van der Waals surface area (Å²) >= 11 is 0. The van der Waals surface area contributed by atoms with Gasteiger partial charge in [0.05, 0.1) is 19.3 Å². The smallest absolute Gasteiger partial charge is 0.165 e. The lowest BCUT2D eigenvalue weighted by molar-refractivity contribution is -0.0718. The zero-order chi connectivity index (χ0) is 21.1. The first kappa shape index (κ1) is 20.3. The van der Waals surface area contributed by atoms with Gasteiger partial charge in [-0.05, 0) is 42.9 Å². The molecule has 0 spiro atoms. The average Bonchev–Trinajstić information content (AvgIpc) is 2.79. The Bertz CT molecular complexity index is 1000. The molecule has 1 aliphatic heterocycles. The summed E-state index contributed by atoms with van der Waals surface area (Å²) in [5.74, 6) is 0.889. The third-order valence-corrected chi connectivity index (χ3v) is 5.71. The minimum atomic E-state index is -0.319. The first-order chi connectivity index (χ1) is 14.6. The third-order valence-electron chi connectivity index (χ3n) is 5.71. The molecule has 0 aromatic heterocycles. The number of Topliss-reactive ketones (excluding diaryl/α,β-unsaturated/α-hetero) is 1. The lowest BCUT2D eigenvalue weighted by atomic mass is 9.84. The fourth-order valence-corrected chi connectivity index (χ4v) is 4.24. The number of likely N-dealkylation sites (N-methyl/N-ethyl adjacent to an activating group) is 1. The highest BCUT2D eigenvalue weighted by Crippen LogP contribution is 2.48. The van der Waals surface area contributed by atoms with Crippen LogP contribution < -0.4 is 4.74 Å². The van der Waals surface area contributed by atoms with Crippen LogP contribution in [0.15, 0.2) is 78.9 Å². The maximum Gasteiger partial charge on any atom is 0.165 e. The molecule has 4 heteroatoms. The molecule has 30 heavy (non-hydrogen) atoms. The SMILES string of the molecule is COc1ccc2c(c1)[C@H](N(C)C)[C@@H](c1ccccc1)O[C@@H]2CC(=O)c1ccccc1. The Hall–Kier alpha value is -2.95. The van der Waals surface area contributed by atoms with E-state index >= 15 is 0 Å².